The van der Waals surface area contributed by atoms with Gasteiger partial charge in [0.15, 0.2) is 0 Å². The van der Waals surface area contributed by atoms with Gasteiger partial charge in [0.05, 0.1) is 11.6 Å². The monoisotopic (exact) mass is 257 g/mol. The van der Waals surface area contributed by atoms with E-state index in [-0.39, 0.29) is 6.04 Å². The summed E-state index contributed by atoms with van der Waals surface area (Å²) in [5.41, 5.74) is 0.581. The summed E-state index contributed by atoms with van der Waals surface area (Å²) in [7, 11) is 0. The van der Waals surface area contributed by atoms with Crippen LogP contribution in [0.25, 0.3) is 0 Å². The number of rotatable bonds is 4. The number of thiophene rings is 1. The largest absolute Gasteiger partial charge is 0.362 e. The van der Waals surface area contributed by atoms with Gasteiger partial charge in [-0.3, -0.25) is 0 Å². The summed E-state index contributed by atoms with van der Waals surface area (Å²) >= 11 is 1.74. The molecule has 0 amide bonds. The van der Waals surface area contributed by atoms with Gasteiger partial charge >= 0.3 is 0 Å². The van der Waals surface area contributed by atoms with Gasteiger partial charge < -0.3 is 5.32 Å². The van der Waals surface area contributed by atoms with E-state index in [2.05, 4.69) is 47.7 Å². The number of nitrogens with zero attached hydrogens (tertiary/aromatic N) is 2. The first kappa shape index (κ1) is 12.6. The molecule has 0 aromatic carbocycles. The Morgan fingerprint density at radius 1 is 1.33 bits per heavy atom. The summed E-state index contributed by atoms with van der Waals surface area (Å²) in [6.07, 6.45) is 1.59. The molecule has 0 radical (unpaired) electrons. The van der Waals surface area contributed by atoms with Crippen LogP contribution < -0.4 is 5.32 Å². The Hall–Kier alpha value is -1.86. The molecule has 2 rings (SSSR count). The van der Waals surface area contributed by atoms with Crippen LogP contribution in [0.15, 0.2) is 35.8 Å². The third kappa shape index (κ3) is 2.88. The second-order valence-corrected chi connectivity index (χ2v) is 5.40. The van der Waals surface area contributed by atoms with Gasteiger partial charge in [0.1, 0.15) is 11.9 Å². The van der Waals surface area contributed by atoms with Crippen LogP contribution in [0.3, 0.4) is 0 Å². The molecule has 0 aliphatic heterocycles. The summed E-state index contributed by atoms with van der Waals surface area (Å²) < 4.78 is 0. The number of pyridine rings is 1. The van der Waals surface area contributed by atoms with E-state index in [1.54, 1.807) is 23.6 Å². The molecule has 2 aromatic rings. The van der Waals surface area contributed by atoms with Crippen molar-refractivity contribution in [3.8, 4) is 6.07 Å². The predicted octanol–water partition coefficient (Wildman–Crippen LogP) is 3.82. The van der Waals surface area contributed by atoms with Crippen molar-refractivity contribution in [3.63, 3.8) is 0 Å². The molecule has 2 heterocycles. The van der Waals surface area contributed by atoms with Crippen molar-refractivity contribution in [3.05, 3.63) is 46.3 Å². The lowest BCUT2D eigenvalue weighted by Gasteiger charge is -2.21. The maximum absolute atomic E-state index is 8.74. The van der Waals surface area contributed by atoms with Crippen LogP contribution in [0.1, 0.15) is 30.3 Å². The Balaban J connectivity index is 2.16. The lowest BCUT2D eigenvalue weighted by atomic mass is 10.0. The number of nitrogens with one attached hydrogen (secondary N) is 1. The van der Waals surface area contributed by atoms with E-state index >= 15 is 0 Å². The highest BCUT2D eigenvalue weighted by Crippen LogP contribution is 2.28. The molecule has 1 atom stereocenters. The molecule has 1 N–H and O–H groups in total. The van der Waals surface area contributed by atoms with Crippen LogP contribution in [0.5, 0.6) is 0 Å². The van der Waals surface area contributed by atoms with Crippen molar-refractivity contribution < 1.29 is 0 Å². The summed E-state index contributed by atoms with van der Waals surface area (Å²) in [6, 6.07) is 10.1. The van der Waals surface area contributed by atoms with E-state index in [1.165, 1.54) is 4.88 Å². The maximum atomic E-state index is 8.74. The van der Waals surface area contributed by atoms with Crippen molar-refractivity contribution in [2.24, 2.45) is 5.92 Å². The minimum absolute atomic E-state index is 0.255. The minimum atomic E-state index is 0.255. The van der Waals surface area contributed by atoms with Gasteiger partial charge in [-0.05, 0) is 29.5 Å². The Morgan fingerprint density at radius 3 is 2.67 bits per heavy atom. The van der Waals surface area contributed by atoms with E-state index in [4.69, 9.17) is 5.26 Å². The van der Waals surface area contributed by atoms with Crippen molar-refractivity contribution >= 4 is 17.2 Å². The zero-order valence-electron chi connectivity index (χ0n) is 10.4. The van der Waals surface area contributed by atoms with E-state index in [9.17, 15) is 0 Å². The minimum Gasteiger partial charge on any atom is -0.362 e. The second-order valence-electron chi connectivity index (χ2n) is 4.43. The quantitative estimate of drug-likeness (QED) is 0.905. The normalized spacial score (nSPS) is 12.1. The molecule has 92 valence electrons. The van der Waals surface area contributed by atoms with Gasteiger partial charge in [-0.1, -0.05) is 19.9 Å². The molecule has 2 aromatic heterocycles. The van der Waals surface area contributed by atoms with Gasteiger partial charge in [-0.15, -0.1) is 11.3 Å². The molecule has 0 aliphatic carbocycles. The maximum Gasteiger partial charge on any atom is 0.126 e. The standard InChI is InChI=1S/C14H15N3S/c1-10(2)14(12-4-3-7-18-12)17-13-6-5-11(8-15)9-16-13/h3-7,9-10,14H,1-2H3,(H,16,17). The molecule has 0 saturated carbocycles. The first-order valence-electron chi connectivity index (χ1n) is 5.87. The lowest BCUT2D eigenvalue weighted by Crippen LogP contribution is -2.16. The zero-order chi connectivity index (χ0) is 13.0. The highest BCUT2D eigenvalue weighted by molar-refractivity contribution is 7.10. The van der Waals surface area contributed by atoms with E-state index < -0.39 is 0 Å². The number of hydrogen-bond donors (Lipinski definition) is 1. The van der Waals surface area contributed by atoms with Crippen molar-refractivity contribution in [2.45, 2.75) is 19.9 Å². The molecule has 1 unspecified atom stereocenters. The van der Waals surface area contributed by atoms with Crippen molar-refractivity contribution in [1.29, 1.82) is 5.26 Å². The number of nitriles is 1. The highest BCUT2D eigenvalue weighted by Gasteiger charge is 2.16. The smallest absolute Gasteiger partial charge is 0.126 e. The third-order valence-corrected chi connectivity index (χ3v) is 3.67. The van der Waals surface area contributed by atoms with Crippen LogP contribution in [-0.4, -0.2) is 4.98 Å². The number of hydrogen-bond acceptors (Lipinski definition) is 4. The van der Waals surface area contributed by atoms with E-state index in [0.717, 1.165) is 5.82 Å². The average molecular weight is 257 g/mol. The third-order valence-electron chi connectivity index (χ3n) is 2.71. The average Bonchev–Trinajstić information content (AvgIpc) is 2.90. The van der Waals surface area contributed by atoms with Gasteiger partial charge in [0, 0.05) is 11.1 Å². The SMILES string of the molecule is CC(C)C(Nc1ccc(C#N)cn1)c1cccs1. The summed E-state index contributed by atoms with van der Waals surface area (Å²) in [5.74, 6) is 1.28. The molecular formula is C14H15N3S. The summed E-state index contributed by atoms with van der Waals surface area (Å²) in [5, 5.41) is 14.2. The molecule has 0 fully saturated rings. The molecule has 18 heavy (non-hydrogen) atoms. The lowest BCUT2D eigenvalue weighted by molar-refractivity contribution is 0.552. The van der Waals surface area contributed by atoms with Crippen LogP contribution in [0.4, 0.5) is 5.82 Å². The summed E-state index contributed by atoms with van der Waals surface area (Å²) in [4.78, 5) is 5.55. The highest BCUT2D eigenvalue weighted by atomic mass is 32.1. The van der Waals surface area contributed by atoms with Crippen molar-refractivity contribution in [1.82, 2.24) is 4.98 Å². The Kier molecular flexibility index (Phi) is 3.96. The van der Waals surface area contributed by atoms with Crippen LogP contribution in [-0.2, 0) is 0 Å². The predicted molar refractivity (Wildman–Crippen MR) is 74.5 cm³/mol. The Bertz CT molecular complexity index is 523. The van der Waals surface area contributed by atoms with Crippen molar-refractivity contribution in [2.75, 3.05) is 5.32 Å². The molecule has 4 heteroatoms. The van der Waals surface area contributed by atoms with Crippen LogP contribution in [0, 0.1) is 17.2 Å². The zero-order valence-corrected chi connectivity index (χ0v) is 11.2. The number of anilines is 1. The second kappa shape index (κ2) is 5.65. The van der Waals surface area contributed by atoms with E-state index in [1.807, 2.05) is 6.07 Å². The fourth-order valence-corrected chi connectivity index (χ4v) is 2.69. The molecule has 0 saturated heterocycles. The number of aromatic nitrogens is 1. The van der Waals surface area contributed by atoms with Crippen LogP contribution >= 0.6 is 11.3 Å². The fourth-order valence-electron chi connectivity index (χ4n) is 1.74. The van der Waals surface area contributed by atoms with Gasteiger partial charge in [0.25, 0.3) is 0 Å². The molecular weight excluding hydrogens is 242 g/mol. The Morgan fingerprint density at radius 2 is 2.17 bits per heavy atom. The van der Waals surface area contributed by atoms with E-state index in [0.29, 0.717) is 11.5 Å². The van der Waals surface area contributed by atoms with Gasteiger partial charge in [0.2, 0.25) is 0 Å². The topological polar surface area (TPSA) is 48.7 Å². The Labute approximate surface area is 111 Å². The van der Waals surface area contributed by atoms with Gasteiger partial charge in [-0.2, -0.15) is 5.26 Å². The van der Waals surface area contributed by atoms with Gasteiger partial charge in [-0.25, -0.2) is 4.98 Å². The van der Waals surface area contributed by atoms with Crippen LogP contribution in [0.2, 0.25) is 0 Å². The molecule has 0 spiro atoms. The first-order chi connectivity index (χ1) is 8.70. The molecule has 0 bridgehead atoms. The first-order valence-corrected chi connectivity index (χ1v) is 6.74. The summed E-state index contributed by atoms with van der Waals surface area (Å²) in [6.45, 7) is 4.36. The molecule has 3 nitrogen and oxygen atoms in total. The molecule has 0 aliphatic rings. The fraction of sp³-hybridized carbons (Fsp3) is 0.286.